The molecule has 1 heterocycles. The number of amides is 2. The molecule has 2 atom stereocenters. The van der Waals surface area contributed by atoms with Crippen molar-refractivity contribution in [2.75, 3.05) is 27.4 Å². The van der Waals surface area contributed by atoms with Crippen molar-refractivity contribution in [3.63, 3.8) is 0 Å². The van der Waals surface area contributed by atoms with Gasteiger partial charge in [0.05, 0.1) is 44.8 Å². The summed E-state index contributed by atoms with van der Waals surface area (Å²) in [6.45, 7) is 7.42. The van der Waals surface area contributed by atoms with E-state index >= 15 is 0 Å². The van der Waals surface area contributed by atoms with E-state index in [-0.39, 0.29) is 18.3 Å². The van der Waals surface area contributed by atoms with E-state index in [9.17, 15) is 14.7 Å². The third-order valence-corrected chi connectivity index (χ3v) is 6.18. The van der Waals surface area contributed by atoms with Crippen molar-refractivity contribution >= 4 is 34.1 Å². The second kappa shape index (κ2) is 14.6. The van der Waals surface area contributed by atoms with Crippen LogP contribution < -0.4 is 35.0 Å². The lowest BCUT2D eigenvalue weighted by Gasteiger charge is -2.28. The van der Waals surface area contributed by atoms with Crippen molar-refractivity contribution in [2.24, 2.45) is 5.10 Å². The zero-order valence-electron chi connectivity index (χ0n) is 23.7. The summed E-state index contributed by atoms with van der Waals surface area (Å²) in [5.74, 6) is 1.21. The molecule has 0 radical (unpaired) electrons. The first-order chi connectivity index (χ1) is 19.6. The lowest BCUT2D eigenvalue weighted by molar-refractivity contribution is -0.136. The average Bonchev–Trinajstić information content (AvgIpc) is 2.92. The van der Waals surface area contributed by atoms with Crippen molar-refractivity contribution < 1.29 is 38.4 Å². The summed E-state index contributed by atoms with van der Waals surface area (Å²) in [6, 6.07) is 7.40. The first-order valence-electron chi connectivity index (χ1n) is 12.8. The first kappa shape index (κ1) is 31.6. The van der Waals surface area contributed by atoms with E-state index in [1.807, 2.05) is 26.8 Å². The number of nitrogens with one attached hydrogen (secondary N) is 3. The molecule has 0 aliphatic carbocycles. The number of methoxy groups -OCH3 is 2. The number of urea groups is 1. The summed E-state index contributed by atoms with van der Waals surface area (Å²) in [7, 11) is 2.83. The monoisotopic (exact) mass is 634 g/mol. The minimum atomic E-state index is -1.16. The summed E-state index contributed by atoms with van der Waals surface area (Å²) < 4.78 is 28.5. The van der Waals surface area contributed by atoms with Crippen LogP contribution in [0.1, 0.15) is 44.9 Å². The second-order valence-electron chi connectivity index (χ2n) is 9.11. The number of hydrogen-bond acceptors (Lipinski definition) is 10. The zero-order valence-corrected chi connectivity index (χ0v) is 25.3. The molecule has 0 fully saturated rings. The standard InChI is InChI=1S/C28H35BrN4O8/c1-7-39-21-11-17(25-24(27(35)38-6)16(4)31-28(36)32-25)8-9-20(21)40-14-23(34)33-30-13-18-10-19(29)12-22(37-5)26(18)41-15(2)3/h8-13,15,23,25,33-34H,7,14H2,1-6H3,(H2,31,32,36)/b30-13+/t23-,25+/m1/s1. The number of carbonyl (C=O) groups is 2. The molecule has 1 aliphatic rings. The fraction of sp³-hybridized carbons (Fsp3) is 0.393. The molecule has 0 saturated heterocycles. The van der Waals surface area contributed by atoms with E-state index in [4.69, 9.17) is 23.7 Å². The number of esters is 1. The molecule has 2 aromatic carbocycles. The van der Waals surface area contributed by atoms with Crippen LogP contribution in [0.5, 0.6) is 23.0 Å². The molecule has 41 heavy (non-hydrogen) atoms. The number of hydrazone groups is 1. The van der Waals surface area contributed by atoms with Crippen LogP contribution in [0.3, 0.4) is 0 Å². The van der Waals surface area contributed by atoms with E-state index in [2.05, 4.69) is 37.1 Å². The lowest BCUT2D eigenvalue weighted by atomic mass is 9.95. The smallest absolute Gasteiger partial charge is 0.337 e. The van der Waals surface area contributed by atoms with Gasteiger partial charge in [0.2, 0.25) is 0 Å². The molecule has 0 bridgehead atoms. The zero-order chi connectivity index (χ0) is 30.1. The SMILES string of the molecule is CCOc1cc([C@@H]2NC(=O)NC(C)=C2C(=O)OC)ccc1OC[C@@H](O)N/N=C/c1cc(Br)cc(OC)c1OC(C)C. The summed E-state index contributed by atoms with van der Waals surface area (Å²) in [6.07, 6.45) is 0.258. The van der Waals surface area contributed by atoms with E-state index in [1.54, 1.807) is 38.3 Å². The molecule has 2 amide bonds. The molecule has 4 N–H and O–H groups in total. The second-order valence-corrected chi connectivity index (χ2v) is 10.0. The molecule has 1 aliphatic heterocycles. The number of rotatable bonds is 13. The Balaban J connectivity index is 1.73. The Hall–Kier alpha value is -3.97. The van der Waals surface area contributed by atoms with E-state index in [1.165, 1.54) is 13.3 Å². The van der Waals surface area contributed by atoms with Gasteiger partial charge in [-0.1, -0.05) is 22.0 Å². The van der Waals surface area contributed by atoms with Gasteiger partial charge < -0.3 is 39.4 Å². The largest absolute Gasteiger partial charge is 0.493 e. The number of aliphatic hydroxyl groups excluding tert-OH is 1. The molecule has 0 spiro atoms. The molecule has 3 rings (SSSR count). The molecule has 0 saturated carbocycles. The molecule has 222 valence electrons. The van der Waals surface area contributed by atoms with Gasteiger partial charge in [0.25, 0.3) is 0 Å². The molecular formula is C28H35BrN4O8. The molecule has 2 aromatic rings. The Morgan fingerprint density at radius 2 is 1.93 bits per heavy atom. The highest BCUT2D eigenvalue weighted by molar-refractivity contribution is 9.10. The predicted molar refractivity (Wildman–Crippen MR) is 155 cm³/mol. The van der Waals surface area contributed by atoms with Crippen LogP contribution in [0, 0.1) is 0 Å². The number of allylic oxidation sites excluding steroid dienone is 1. The van der Waals surface area contributed by atoms with Crippen LogP contribution in [0.25, 0.3) is 0 Å². The number of benzene rings is 2. The number of nitrogens with zero attached hydrogens (tertiary/aromatic N) is 1. The average molecular weight is 636 g/mol. The number of aliphatic hydroxyl groups is 1. The molecular weight excluding hydrogens is 600 g/mol. The van der Waals surface area contributed by atoms with Crippen molar-refractivity contribution in [3.8, 4) is 23.0 Å². The predicted octanol–water partition coefficient (Wildman–Crippen LogP) is 3.77. The van der Waals surface area contributed by atoms with Crippen molar-refractivity contribution in [1.29, 1.82) is 0 Å². The summed E-state index contributed by atoms with van der Waals surface area (Å²) in [5.41, 5.74) is 4.51. The molecule has 13 heteroatoms. The Labute approximate surface area is 247 Å². The third-order valence-electron chi connectivity index (χ3n) is 5.72. The van der Waals surface area contributed by atoms with E-state index in [0.717, 1.165) is 4.47 Å². The lowest BCUT2D eigenvalue weighted by Crippen LogP contribution is -2.45. The molecule has 12 nitrogen and oxygen atoms in total. The topological polar surface area (TPSA) is 149 Å². The number of hydrogen-bond donors (Lipinski definition) is 4. The Bertz CT molecular complexity index is 1310. The Morgan fingerprint density at radius 1 is 1.17 bits per heavy atom. The molecule has 0 unspecified atom stereocenters. The van der Waals surface area contributed by atoms with Gasteiger partial charge in [0.15, 0.2) is 29.2 Å². The fourth-order valence-corrected chi connectivity index (χ4v) is 4.47. The van der Waals surface area contributed by atoms with Crippen LogP contribution in [-0.2, 0) is 9.53 Å². The number of carbonyl (C=O) groups excluding carboxylic acids is 2. The Kier molecular flexibility index (Phi) is 11.2. The first-order valence-corrected chi connectivity index (χ1v) is 13.6. The third kappa shape index (κ3) is 8.27. The maximum absolute atomic E-state index is 12.4. The Morgan fingerprint density at radius 3 is 2.59 bits per heavy atom. The van der Waals surface area contributed by atoms with E-state index in [0.29, 0.717) is 46.4 Å². The van der Waals surface area contributed by atoms with Gasteiger partial charge in [-0.2, -0.15) is 5.10 Å². The van der Waals surface area contributed by atoms with Crippen LogP contribution in [0.4, 0.5) is 4.79 Å². The minimum absolute atomic E-state index is 0.0896. The van der Waals surface area contributed by atoms with Crippen molar-refractivity contribution in [1.82, 2.24) is 16.1 Å². The van der Waals surface area contributed by atoms with Crippen LogP contribution in [-0.4, -0.2) is 63.1 Å². The van der Waals surface area contributed by atoms with Gasteiger partial charge in [0.1, 0.15) is 6.61 Å². The normalized spacial score (nSPS) is 15.7. The van der Waals surface area contributed by atoms with E-state index < -0.39 is 24.3 Å². The van der Waals surface area contributed by atoms with Gasteiger partial charge >= 0.3 is 12.0 Å². The fourth-order valence-electron chi connectivity index (χ4n) is 4.01. The highest BCUT2D eigenvalue weighted by Gasteiger charge is 2.32. The van der Waals surface area contributed by atoms with Crippen molar-refractivity contribution in [2.45, 2.75) is 46.1 Å². The quantitative estimate of drug-likeness (QED) is 0.112. The maximum atomic E-state index is 12.4. The highest BCUT2D eigenvalue weighted by atomic mass is 79.9. The van der Waals surface area contributed by atoms with Gasteiger partial charge in [-0.25, -0.2) is 9.59 Å². The highest BCUT2D eigenvalue weighted by Crippen LogP contribution is 2.36. The minimum Gasteiger partial charge on any atom is -0.493 e. The molecule has 0 aromatic heterocycles. The van der Waals surface area contributed by atoms with Crippen LogP contribution in [0.2, 0.25) is 0 Å². The van der Waals surface area contributed by atoms with Gasteiger partial charge in [-0.05, 0) is 57.5 Å². The number of halogens is 1. The summed E-state index contributed by atoms with van der Waals surface area (Å²) in [5, 5.41) is 19.9. The van der Waals surface area contributed by atoms with Crippen molar-refractivity contribution in [3.05, 3.63) is 57.2 Å². The van der Waals surface area contributed by atoms with Crippen LogP contribution >= 0.6 is 15.9 Å². The van der Waals surface area contributed by atoms with Crippen LogP contribution in [0.15, 0.2) is 51.2 Å². The number of ether oxygens (including phenoxy) is 5. The summed E-state index contributed by atoms with van der Waals surface area (Å²) in [4.78, 5) is 24.6. The van der Waals surface area contributed by atoms with Gasteiger partial charge in [-0.3, -0.25) is 5.43 Å². The van der Waals surface area contributed by atoms with Gasteiger partial charge in [0, 0.05) is 15.7 Å². The van der Waals surface area contributed by atoms with Gasteiger partial charge in [-0.15, -0.1) is 0 Å². The summed E-state index contributed by atoms with van der Waals surface area (Å²) >= 11 is 3.45. The maximum Gasteiger partial charge on any atom is 0.337 e.